The Labute approximate surface area is 165 Å². The molecule has 0 aliphatic carbocycles. The van der Waals surface area contributed by atoms with Gasteiger partial charge in [0, 0.05) is 26.1 Å². The lowest BCUT2D eigenvalue weighted by Gasteiger charge is -2.29. The Balaban J connectivity index is 1.82. The number of hydrogen-bond acceptors (Lipinski definition) is 6. The molecule has 1 amide bonds. The van der Waals surface area contributed by atoms with E-state index in [1.165, 1.54) is 12.1 Å². The van der Waals surface area contributed by atoms with Gasteiger partial charge in [-0.2, -0.15) is 8.42 Å². The monoisotopic (exact) mass is 407 g/mol. The van der Waals surface area contributed by atoms with E-state index in [1.54, 1.807) is 11.0 Å². The fraction of sp³-hybridized carbons (Fsp3) is 0.526. The van der Waals surface area contributed by atoms with E-state index in [9.17, 15) is 18.0 Å². The highest BCUT2D eigenvalue weighted by atomic mass is 32.2. The summed E-state index contributed by atoms with van der Waals surface area (Å²) in [5, 5.41) is 0. The maximum absolute atomic E-state index is 12.6. The molecule has 8 nitrogen and oxygen atoms in total. The van der Waals surface area contributed by atoms with Crippen LogP contribution in [0.3, 0.4) is 0 Å². The topological polar surface area (TPSA) is 96.3 Å². The van der Waals surface area contributed by atoms with Crippen molar-refractivity contribution >= 4 is 33.4 Å². The van der Waals surface area contributed by atoms with Crippen LogP contribution >= 0.6 is 0 Å². The number of benzene rings is 1. The number of sulfonamides is 1. The van der Waals surface area contributed by atoms with Crippen molar-refractivity contribution in [2.24, 2.45) is 4.40 Å². The van der Waals surface area contributed by atoms with Crippen LogP contribution in [0.4, 0.5) is 5.69 Å². The van der Waals surface area contributed by atoms with Gasteiger partial charge in [-0.25, -0.2) is 4.79 Å². The smallest absolute Gasteiger partial charge is 0.338 e. The Morgan fingerprint density at radius 3 is 2.64 bits per heavy atom. The molecule has 1 fully saturated rings. The lowest BCUT2D eigenvalue weighted by Crippen LogP contribution is -2.35. The summed E-state index contributed by atoms with van der Waals surface area (Å²) < 4.78 is 34.3. The van der Waals surface area contributed by atoms with Gasteiger partial charge in [0.1, 0.15) is 10.7 Å². The summed E-state index contributed by atoms with van der Waals surface area (Å²) in [6, 6.07) is 4.45. The Hall–Kier alpha value is -2.42. The summed E-state index contributed by atoms with van der Waals surface area (Å²) >= 11 is 0. The van der Waals surface area contributed by atoms with Gasteiger partial charge >= 0.3 is 5.97 Å². The molecule has 2 heterocycles. The second-order valence-corrected chi connectivity index (χ2v) is 8.34. The molecule has 9 heteroatoms. The van der Waals surface area contributed by atoms with Gasteiger partial charge < -0.3 is 14.5 Å². The molecule has 0 N–H and O–H groups in total. The first kappa shape index (κ1) is 20.3. The van der Waals surface area contributed by atoms with E-state index in [1.807, 2.05) is 18.7 Å². The lowest BCUT2D eigenvalue weighted by molar-refractivity contribution is -0.134. The molecule has 28 heavy (non-hydrogen) atoms. The van der Waals surface area contributed by atoms with E-state index < -0.39 is 16.0 Å². The second kappa shape index (κ2) is 8.30. The molecule has 1 aromatic carbocycles. The highest BCUT2D eigenvalue weighted by Gasteiger charge is 2.32. The Morgan fingerprint density at radius 1 is 1.18 bits per heavy atom. The summed E-state index contributed by atoms with van der Waals surface area (Å²) in [7, 11) is -3.87. The predicted octanol–water partition coefficient (Wildman–Crippen LogP) is 2.19. The van der Waals surface area contributed by atoms with Crippen molar-refractivity contribution in [1.29, 1.82) is 0 Å². The van der Waals surface area contributed by atoms with Crippen molar-refractivity contribution < 1.29 is 22.7 Å². The van der Waals surface area contributed by atoms with Crippen LogP contribution in [0.2, 0.25) is 0 Å². The second-order valence-electron chi connectivity index (χ2n) is 6.77. The maximum atomic E-state index is 12.6. The standard InChI is InChI=1S/C19H25N3O5S/c1-3-21(4-2)18(23)13-27-19(24)14-9-10-15-16(12-14)28(25,26)20-17-8-6-5-7-11-22(15)17/h9-10,12H,3-8,11,13H2,1-2H3. The third kappa shape index (κ3) is 4.04. The molecule has 0 atom stereocenters. The molecule has 0 saturated carbocycles. The van der Waals surface area contributed by atoms with Gasteiger partial charge in [0.2, 0.25) is 0 Å². The Bertz CT molecular complexity index is 906. The van der Waals surface area contributed by atoms with Gasteiger partial charge in [0.05, 0.1) is 11.3 Å². The van der Waals surface area contributed by atoms with Crippen molar-refractivity contribution in [3.63, 3.8) is 0 Å². The van der Waals surface area contributed by atoms with Gasteiger partial charge in [0.25, 0.3) is 15.9 Å². The number of esters is 1. The fourth-order valence-electron chi connectivity index (χ4n) is 3.49. The molecule has 3 rings (SSSR count). The number of carbonyl (C=O) groups is 2. The number of carbonyl (C=O) groups excluding carboxylic acids is 2. The molecule has 0 spiro atoms. The fourth-order valence-corrected chi connectivity index (χ4v) is 4.77. The van der Waals surface area contributed by atoms with Gasteiger partial charge in [-0.05, 0) is 44.9 Å². The summed E-state index contributed by atoms with van der Waals surface area (Å²) in [5.41, 5.74) is 0.630. The van der Waals surface area contributed by atoms with E-state index in [4.69, 9.17) is 4.74 Å². The van der Waals surface area contributed by atoms with Crippen molar-refractivity contribution in [2.75, 3.05) is 31.1 Å². The van der Waals surface area contributed by atoms with E-state index in [-0.39, 0.29) is 23.0 Å². The normalized spacial score (nSPS) is 17.6. The summed E-state index contributed by atoms with van der Waals surface area (Å²) in [5.74, 6) is -0.461. The Morgan fingerprint density at radius 2 is 1.93 bits per heavy atom. The zero-order valence-electron chi connectivity index (χ0n) is 16.2. The first-order chi connectivity index (χ1) is 13.4. The third-order valence-electron chi connectivity index (χ3n) is 5.03. The summed E-state index contributed by atoms with van der Waals surface area (Å²) in [6.07, 6.45) is 3.51. The van der Waals surface area contributed by atoms with Crippen LogP contribution in [0, 0.1) is 0 Å². The molecule has 0 aromatic heterocycles. The summed E-state index contributed by atoms with van der Waals surface area (Å²) in [4.78, 5) is 27.8. The third-order valence-corrected chi connectivity index (χ3v) is 6.36. The van der Waals surface area contributed by atoms with Crippen molar-refractivity contribution in [3.05, 3.63) is 23.8 Å². The van der Waals surface area contributed by atoms with Crippen LogP contribution in [0.25, 0.3) is 0 Å². The molecular formula is C19H25N3O5S. The number of ether oxygens (including phenoxy) is 1. The van der Waals surface area contributed by atoms with Crippen molar-refractivity contribution in [3.8, 4) is 0 Å². The zero-order valence-corrected chi connectivity index (χ0v) is 17.0. The minimum atomic E-state index is -3.87. The molecule has 0 unspecified atom stereocenters. The van der Waals surface area contributed by atoms with Crippen LogP contribution in [-0.4, -0.2) is 57.3 Å². The largest absolute Gasteiger partial charge is 0.452 e. The van der Waals surface area contributed by atoms with E-state index in [0.717, 1.165) is 19.3 Å². The van der Waals surface area contributed by atoms with Crippen molar-refractivity contribution in [2.45, 2.75) is 44.4 Å². The first-order valence-electron chi connectivity index (χ1n) is 9.57. The molecule has 0 radical (unpaired) electrons. The number of amides is 1. The van der Waals surface area contributed by atoms with Crippen LogP contribution in [0.15, 0.2) is 27.5 Å². The number of anilines is 1. The average molecular weight is 407 g/mol. The molecular weight excluding hydrogens is 382 g/mol. The molecule has 152 valence electrons. The minimum absolute atomic E-state index is 0.00247. The van der Waals surface area contributed by atoms with E-state index >= 15 is 0 Å². The van der Waals surface area contributed by atoms with Crippen LogP contribution in [0.1, 0.15) is 49.9 Å². The number of hydrogen-bond donors (Lipinski definition) is 0. The van der Waals surface area contributed by atoms with Gasteiger partial charge in [-0.3, -0.25) is 4.79 Å². The minimum Gasteiger partial charge on any atom is -0.452 e. The van der Waals surface area contributed by atoms with E-state index in [2.05, 4.69) is 4.40 Å². The number of rotatable bonds is 5. The maximum Gasteiger partial charge on any atom is 0.338 e. The highest BCUT2D eigenvalue weighted by molar-refractivity contribution is 7.90. The van der Waals surface area contributed by atoms with Crippen LogP contribution < -0.4 is 4.90 Å². The quantitative estimate of drug-likeness (QED) is 0.694. The average Bonchev–Trinajstić information content (AvgIpc) is 2.91. The SMILES string of the molecule is CCN(CC)C(=O)COC(=O)c1ccc2c(c1)S(=O)(=O)N=C1CCCCCN12. The first-order valence-corrected chi connectivity index (χ1v) is 11.0. The van der Waals surface area contributed by atoms with Gasteiger partial charge in [-0.15, -0.1) is 4.40 Å². The Kier molecular flexibility index (Phi) is 6.02. The molecule has 2 aliphatic heterocycles. The lowest BCUT2D eigenvalue weighted by atomic mass is 10.2. The molecule has 1 saturated heterocycles. The zero-order chi connectivity index (χ0) is 20.3. The molecule has 1 aromatic rings. The van der Waals surface area contributed by atoms with Gasteiger partial charge in [-0.1, -0.05) is 6.42 Å². The van der Waals surface area contributed by atoms with Crippen molar-refractivity contribution in [1.82, 2.24) is 4.90 Å². The summed E-state index contributed by atoms with van der Waals surface area (Å²) in [6.45, 7) is 5.06. The van der Waals surface area contributed by atoms with Crippen LogP contribution in [0.5, 0.6) is 0 Å². The van der Waals surface area contributed by atoms with Gasteiger partial charge in [0.15, 0.2) is 6.61 Å². The molecule has 2 aliphatic rings. The highest BCUT2D eigenvalue weighted by Crippen LogP contribution is 2.35. The predicted molar refractivity (Wildman–Crippen MR) is 105 cm³/mol. The van der Waals surface area contributed by atoms with Crippen LogP contribution in [-0.2, 0) is 19.6 Å². The number of likely N-dealkylation sites (N-methyl/N-ethyl adjacent to an activating group) is 1. The number of nitrogens with zero attached hydrogens (tertiary/aromatic N) is 3. The number of fused-ring (bicyclic) bond motifs is 3. The molecule has 0 bridgehead atoms. The van der Waals surface area contributed by atoms with E-state index in [0.29, 0.717) is 37.6 Å². The number of amidine groups is 1.